The lowest BCUT2D eigenvalue weighted by atomic mass is 10.2. The normalized spacial score (nSPS) is 12.6. The quantitative estimate of drug-likeness (QED) is 0.319. The van der Waals surface area contributed by atoms with Gasteiger partial charge in [-0.25, -0.2) is 0 Å². The first-order chi connectivity index (χ1) is 11.2. The molecule has 0 aliphatic carbocycles. The van der Waals surface area contributed by atoms with Crippen LogP contribution in [0.15, 0.2) is 0 Å². The molecule has 0 heterocycles. The van der Waals surface area contributed by atoms with Crippen molar-refractivity contribution in [2.24, 2.45) is 0 Å². The lowest BCUT2D eigenvalue weighted by Gasteiger charge is -2.30. The number of hydrogen-bond donors (Lipinski definition) is 0. The molecule has 6 heteroatoms. The van der Waals surface area contributed by atoms with Crippen LogP contribution in [0.1, 0.15) is 68.2 Å². The average molecular weight is 380 g/mol. The Morgan fingerprint density at radius 3 is 1.21 bits per heavy atom. The van der Waals surface area contributed by atoms with Gasteiger partial charge in [-0.05, 0) is 68.2 Å². The molecule has 0 radical (unpaired) electrons. The van der Waals surface area contributed by atoms with Gasteiger partial charge in [0.05, 0.1) is 0 Å². The molecule has 0 saturated carbocycles. The zero-order valence-electron chi connectivity index (χ0n) is 17.1. The van der Waals surface area contributed by atoms with Crippen LogP contribution in [-0.2, 0) is 20.9 Å². The second-order valence-corrected chi connectivity index (χ2v) is 9.31. The second kappa shape index (κ2) is 13.5. The lowest BCUT2D eigenvalue weighted by Crippen LogP contribution is -2.38. The average Bonchev–Trinajstić information content (AvgIpc) is 2.44. The summed E-state index contributed by atoms with van der Waals surface area (Å²) in [6.45, 7) is 21.4. The van der Waals surface area contributed by atoms with Crippen LogP contribution in [0, 0.1) is 0 Å². The Morgan fingerprint density at radius 1 is 0.667 bits per heavy atom. The van der Waals surface area contributed by atoms with E-state index in [0.29, 0.717) is 37.4 Å². The molecule has 0 unspecified atom stereocenters. The van der Waals surface area contributed by atoms with E-state index in [1.807, 2.05) is 0 Å². The summed E-state index contributed by atoms with van der Waals surface area (Å²) >= 11 is 5.29. The fraction of sp³-hybridized carbons (Fsp3) is 1.00. The fourth-order valence-electron chi connectivity index (χ4n) is 3.04. The minimum absolute atomic E-state index is 0.566. The molecule has 0 aliphatic rings. The summed E-state index contributed by atoms with van der Waals surface area (Å²) in [5.74, 6) is 0. The standard InChI is InChI=1S/C18H40N2O2PS/c1-15(2)19(16(3)4)11-9-13-21-23(24)22-14-10-12-20(17(5)6)18(7)8/h15-18H,9-14H2,1-8H3/q+1. The molecule has 144 valence electrons. The van der Waals surface area contributed by atoms with Gasteiger partial charge in [-0.1, -0.05) is 0 Å². The Morgan fingerprint density at radius 2 is 0.958 bits per heavy atom. The Balaban J connectivity index is 3.81. The van der Waals surface area contributed by atoms with Crippen molar-refractivity contribution in [3.8, 4) is 0 Å². The molecular weight excluding hydrogens is 339 g/mol. The number of rotatable bonds is 14. The van der Waals surface area contributed by atoms with Crippen LogP contribution in [0.2, 0.25) is 0 Å². The molecule has 0 aromatic carbocycles. The van der Waals surface area contributed by atoms with Crippen molar-refractivity contribution in [1.82, 2.24) is 9.80 Å². The monoisotopic (exact) mass is 379 g/mol. The molecule has 0 fully saturated rings. The maximum absolute atomic E-state index is 5.67. The molecule has 0 atom stereocenters. The highest BCUT2D eigenvalue weighted by atomic mass is 32.4. The van der Waals surface area contributed by atoms with E-state index in [9.17, 15) is 0 Å². The lowest BCUT2D eigenvalue weighted by molar-refractivity contribution is 0.152. The summed E-state index contributed by atoms with van der Waals surface area (Å²) in [4.78, 5) is 4.95. The molecule has 0 rings (SSSR count). The van der Waals surface area contributed by atoms with Gasteiger partial charge in [-0.3, -0.25) is 9.80 Å². The smallest absolute Gasteiger partial charge is 0.298 e. The first-order valence-electron chi connectivity index (χ1n) is 9.41. The van der Waals surface area contributed by atoms with Crippen LogP contribution in [0.4, 0.5) is 0 Å². The second-order valence-electron chi connectivity index (χ2n) is 7.45. The largest absolute Gasteiger partial charge is 0.521 e. The Bertz CT molecular complexity index is 293. The van der Waals surface area contributed by atoms with E-state index in [1.165, 1.54) is 0 Å². The van der Waals surface area contributed by atoms with Crippen LogP contribution in [0.5, 0.6) is 0 Å². The van der Waals surface area contributed by atoms with Crippen LogP contribution < -0.4 is 0 Å². The highest BCUT2D eigenvalue weighted by molar-refractivity contribution is 8.00. The van der Waals surface area contributed by atoms with E-state index < -0.39 is 7.15 Å². The molecular formula is C18H40N2O2PS+. The minimum Gasteiger partial charge on any atom is -0.298 e. The summed E-state index contributed by atoms with van der Waals surface area (Å²) < 4.78 is 11.3. The van der Waals surface area contributed by atoms with E-state index in [1.54, 1.807) is 0 Å². The summed E-state index contributed by atoms with van der Waals surface area (Å²) in [7, 11) is -1.16. The molecule has 24 heavy (non-hydrogen) atoms. The Hall–Kier alpha value is 0.360. The van der Waals surface area contributed by atoms with Gasteiger partial charge in [0.1, 0.15) is 13.2 Å². The van der Waals surface area contributed by atoms with E-state index in [0.717, 1.165) is 25.9 Å². The SMILES string of the molecule is CC(C)N(CCCO[P+](=S)OCCCN(C(C)C)C(C)C)C(C)C. The maximum atomic E-state index is 5.67. The minimum atomic E-state index is -1.16. The van der Waals surface area contributed by atoms with E-state index in [-0.39, 0.29) is 0 Å². The number of hydrogen-bond acceptors (Lipinski definition) is 5. The maximum Gasteiger partial charge on any atom is 0.521 e. The Labute approximate surface area is 156 Å². The molecule has 4 nitrogen and oxygen atoms in total. The van der Waals surface area contributed by atoms with Gasteiger partial charge in [0.2, 0.25) is 11.8 Å². The van der Waals surface area contributed by atoms with E-state index in [2.05, 4.69) is 65.2 Å². The molecule has 0 aromatic rings. The predicted octanol–water partition coefficient (Wildman–Crippen LogP) is 4.81. The molecule has 0 bridgehead atoms. The molecule has 0 aliphatic heterocycles. The van der Waals surface area contributed by atoms with Gasteiger partial charge >= 0.3 is 7.15 Å². The van der Waals surface area contributed by atoms with Gasteiger partial charge < -0.3 is 0 Å². The summed E-state index contributed by atoms with van der Waals surface area (Å²) in [6, 6.07) is 2.26. The fourth-order valence-corrected chi connectivity index (χ4v) is 4.11. The Kier molecular flexibility index (Phi) is 13.8. The van der Waals surface area contributed by atoms with Crippen molar-refractivity contribution in [2.75, 3.05) is 26.3 Å². The van der Waals surface area contributed by atoms with Gasteiger partial charge in [-0.15, -0.1) is 9.05 Å². The van der Waals surface area contributed by atoms with Crippen LogP contribution in [-0.4, -0.2) is 60.3 Å². The van der Waals surface area contributed by atoms with Crippen molar-refractivity contribution in [2.45, 2.75) is 92.4 Å². The zero-order valence-corrected chi connectivity index (χ0v) is 18.8. The molecule has 0 amide bonds. The third kappa shape index (κ3) is 11.1. The van der Waals surface area contributed by atoms with Crippen LogP contribution in [0.25, 0.3) is 0 Å². The topological polar surface area (TPSA) is 24.9 Å². The van der Waals surface area contributed by atoms with E-state index in [4.69, 9.17) is 20.9 Å². The van der Waals surface area contributed by atoms with Gasteiger partial charge in [0, 0.05) is 37.3 Å². The van der Waals surface area contributed by atoms with Crippen LogP contribution in [0.3, 0.4) is 0 Å². The highest BCUT2D eigenvalue weighted by Crippen LogP contribution is 2.24. The van der Waals surface area contributed by atoms with Gasteiger partial charge in [0.15, 0.2) is 0 Å². The molecule has 0 spiro atoms. The summed E-state index contributed by atoms with van der Waals surface area (Å²) in [6.07, 6.45) is 2.01. The van der Waals surface area contributed by atoms with Crippen molar-refractivity contribution in [3.63, 3.8) is 0 Å². The number of nitrogens with zero attached hydrogens (tertiary/aromatic N) is 2. The van der Waals surface area contributed by atoms with Crippen LogP contribution >= 0.6 is 7.15 Å². The predicted molar refractivity (Wildman–Crippen MR) is 109 cm³/mol. The third-order valence-electron chi connectivity index (χ3n) is 4.17. The summed E-state index contributed by atoms with van der Waals surface area (Å²) in [5, 5.41) is 0. The molecule has 0 aromatic heterocycles. The van der Waals surface area contributed by atoms with Crippen molar-refractivity contribution in [1.29, 1.82) is 0 Å². The zero-order chi connectivity index (χ0) is 18.7. The molecule has 0 N–H and O–H groups in total. The van der Waals surface area contributed by atoms with Crippen molar-refractivity contribution < 1.29 is 9.05 Å². The van der Waals surface area contributed by atoms with Crippen molar-refractivity contribution in [3.05, 3.63) is 0 Å². The van der Waals surface area contributed by atoms with Gasteiger partial charge in [-0.2, -0.15) is 0 Å². The first-order valence-corrected chi connectivity index (χ1v) is 11.6. The first kappa shape index (κ1) is 24.4. The highest BCUT2D eigenvalue weighted by Gasteiger charge is 2.17. The van der Waals surface area contributed by atoms with E-state index >= 15 is 0 Å². The van der Waals surface area contributed by atoms with Gasteiger partial charge in [0.25, 0.3) is 0 Å². The van der Waals surface area contributed by atoms with Crippen molar-refractivity contribution >= 4 is 19.0 Å². The molecule has 0 saturated heterocycles. The summed E-state index contributed by atoms with van der Waals surface area (Å²) in [5.41, 5.74) is 0. The third-order valence-corrected chi connectivity index (χ3v) is 5.59.